The van der Waals surface area contributed by atoms with Crippen LogP contribution in [0.4, 0.5) is 0 Å². The summed E-state index contributed by atoms with van der Waals surface area (Å²) in [6.45, 7) is 5.77. The van der Waals surface area contributed by atoms with Gasteiger partial charge in [0.2, 0.25) is 0 Å². The van der Waals surface area contributed by atoms with Crippen molar-refractivity contribution in [3.63, 3.8) is 0 Å². The number of carbonyl (C=O) groups is 1. The Morgan fingerprint density at radius 3 is 2.61 bits per heavy atom. The van der Waals surface area contributed by atoms with E-state index in [9.17, 15) is 9.90 Å². The van der Waals surface area contributed by atoms with Crippen LogP contribution in [-0.4, -0.2) is 28.1 Å². The maximum Gasteiger partial charge on any atom is 0.254 e. The number of nitrogens with one attached hydrogen (secondary N) is 1. The largest absolute Gasteiger partial charge is 0.388 e. The van der Waals surface area contributed by atoms with Crippen LogP contribution in [0, 0.1) is 5.92 Å². The zero-order valence-corrected chi connectivity index (χ0v) is 14.4. The van der Waals surface area contributed by atoms with Crippen LogP contribution >= 0.6 is 11.8 Å². The van der Waals surface area contributed by atoms with Crippen molar-refractivity contribution in [2.24, 2.45) is 5.92 Å². The third-order valence-corrected chi connectivity index (χ3v) is 4.85. The summed E-state index contributed by atoms with van der Waals surface area (Å²) >= 11 is 1.45. The first-order valence-corrected chi connectivity index (χ1v) is 8.40. The molecule has 4 nitrogen and oxygen atoms in total. The van der Waals surface area contributed by atoms with Gasteiger partial charge in [-0.3, -0.25) is 4.79 Å². The zero-order chi connectivity index (χ0) is 16.9. The summed E-state index contributed by atoms with van der Waals surface area (Å²) in [4.78, 5) is 17.8. The van der Waals surface area contributed by atoms with Crippen LogP contribution in [0.5, 0.6) is 0 Å². The fraction of sp³-hybridized carbons (Fsp3) is 0.333. The van der Waals surface area contributed by atoms with Crippen molar-refractivity contribution >= 4 is 17.7 Å². The van der Waals surface area contributed by atoms with E-state index in [0.29, 0.717) is 10.6 Å². The Morgan fingerprint density at radius 1 is 1.26 bits per heavy atom. The molecule has 0 fully saturated rings. The average Bonchev–Trinajstić information content (AvgIpc) is 2.54. The molecule has 5 heteroatoms. The maximum absolute atomic E-state index is 12.4. The topological polar surface area (TPSA) is 62.2 Å². The molecule has 0 aliphatic carbocycles. The molecule has 0 spiro atoms. The van der Waals surface area contributed by atoms with E-state index in [-0.39, 0.29) is 18.4 Å². The van der Waals surface area contributed by atoms with Gasteiger partial charge < -0.3 is 10.4 Å². The predicted molar refractivity (Wildman–Crippen MR) is 92.6 cm³/mol. The van der Waals surface area contributed by atoms with E-state index < -0.39 is 5.60 Å². The van der Waals surface area contributed by atoms with Crippen molar-refractivity contribution in [1.29, 1.82) is 0 Å². The molecule has 0 saturated carbocycles. The van der Waals surface area contributed by atoms with Gasteiger partial charge in [0, 0.05) is 17.6 Å². The van der Waals surface area contributed by atoms with Crippen LogP contribution in [0.3, 0.4) is 0 Å². The molecule has 1 unspecified atom stereocenters. The van der Waals surface area contributed by atoms with E-state index in [1.165, 1.54) is 11.8 Å². The summed E-state index contributed by atoms with van der Waals surface area (Å²) in [7, 11) is 0. The third kappa shape index (κ3) is 4.81. The van der Waals surface area contributed by atoms with Crippen LogP contribution < -0.4 is 5.32 Å². The van der Waals surface area contributed by atoms with Crippen molar-refractivity contribution in [3.05, 3.63) is 54.2 Å². The minimum atomic E-state index is -0.940. The van der Waals surface area contributed by atoms with E-state index in [1.807, 2.05) is 44.2 Å². The molecular weight excluding hydrogens is 308 g/mol. The van der Waals surface area contributed by atoms with Gasteiger partial charge in [-0.25, -0.2) is 4.98 Å². The quantitative estimate of drug-likeness (QED) is 0.852. The SMILES string of the molecule is CC(C)C(C)(O)CNC(=O)c1cccnc1Sc1ccccc1. The number of aliphatic hydroxyl groups is 1. The molecule has 0 radical (unpaired) electrons. The Balaban J connectivity index is 2.12. The van der Waals surface area contributed by atoms with Crippen LogP contribution in [0.1, 0.15) is 31.1 Å². The fourth-order valence-electron chi connectivity index (χ4n) is 1.80. The molecule has 23 heavy (non-hydrogen) atoms. The van der Waals surface area contributed by atoms with Crippen LogP contribution in [-0.2, 0) is 0 Å². The molecule has 2 N–H and O–H groups in total. The molecule has 2 rings (SSSR count). The molecule has 0 bridgehead atoms. The summed E-state index contributed by atoms with van der Waals surface area (Å²) in [6, 6.07) is 13.3. The van der Waals surface area contributed by atoms with E-state index in [0.717, 1.165) is 4.90 Å². The number of aromatic nitrogens is 1. The second-order valence-electron chi connectivity index (χ2n) is 5.97. The number of hydrogen-bond acceptors (Lipinski definition) is 4. The first-order valence-electron chi connectivity index (χ1n) is 7.58. The number of rotatable bonds is 6. The van der Waals surface area contributed by atoms with Gasteiger partial charge in [0.25, 0.3) is 5.91 Å². The molecule has 1 aromatic heterocycles. The van der Waals surface area contributed by atoms with Gasteiger partial charge in [-0.2, -0.15) is 0 Å². The highest BCUT2D eigenvalue weighted by Crippen LogP contribution is 2.28. The highest BCUT2D eigenvalue weighted by Gasteiger charge is 2.26. The lowest BCUT2D eigenvalue weighted by atomic mass is 9.92. The average molecular weight is 330 g/mol. The molecule has 122 valence electrons. The van der Waals surface area contributed by atoms with Crippen LogP contribution in [0.2, 0.25) is 0 Å². The molecule has 0 aliphatic rings. The lowest BCUT2D eigenvalue weighted by Gasteiger charge is -2.27. The fourth-order valence-corrected chi connectivity index (χ4v) is 2.70. The summed E-state index contributed by atoms with van der Waals surface area (Å²) in [5.74, 6) is -0.174. The Hall–Kier alpha value is -1.85. The first kappa shape index (κ1) is 17.5. The summed E-state index contributed by atoms with van der Waals surface area (Å²) in [6.07, 6.45) is 1.67. The van der Waals surface area contributed by atoms with E-state index >= 15 is 0 Å². The van der Waals surface area contributed by atoms with Gasteiger partial charge in [-0.05, 0) is 37.1 Å². The molecule has 0 saturated heterocycles. The molecule has 1 atom stereocenters. The van der Waals surface area contributed by atoms with Gasteiger partial charge >= 0.3 is 0 Å². The van der Waals surface area contributed by atoms with Gasteiger partial charge in [-0.15, -0.1) is 0 Å². The Kier molecular flexibility index (Phi) is 5.80. The smallest absolute Gasteiger partial charge is 0.254 e. The number of benzene rings is 1. The molecule has 1 heterocycles. The number of pyridine rings is 1. The van der Waals surface area contributed by atoms with E-state index in [4.69, 9.17) is 0 Å². The van der Waals surface area contributed by atoms with Crippen LogP contribution in [0.25, 0.3) is 0 Å². The second kappa shape index (κ2) is 7.62. The maximum atomic E-state index is 12.4. The van der Waals surface area contributed by atoms with Gasteiger partial charge in [0.05, 0.1) is 11.2 Å². The third-order valence-electron chi connectivity index (χ3n) is 3.82. The molecule has 0 aliphatic heterocycles. The van der Waals surface area contributed by atoms with Crippen molar-refractivity contribution in [2.45, 2.75) is 36.3 Å². The molecule has 2 aromatic rings. The highest BCUT2D eigenvalue weighted by atomic mass is 32.2. The van der Waals surface area contributed by atoms with Gasteiger partial charge in [-0.1, -0.05) is 43.8 Å². The summed E-state index contributed by atoms with van der Waals surface area (Å²) in [5.41, 5.74) is -0.425. The Bertz CT molecular complexity index is 657. The highest BCUT2D eigenvalue weighted by molar-refractivity contribution is 7.99. The second-order valence-corrected chi connectivity index (χ2v) is 7.03. The normalized spacial score (nSPS) is 13.6. The Labute approximate surface area is 141 Å². The minimum absolute atomic E-state index is 0.0508. The zero-order valence-electron chi connectivity index (χ0n) is 13.6. The van der Waals surface area contributed by atoms with Crippen molar-refractivity contribution < 1.29 is 9.90 Å². The van der Waals surface area contributed by atoms with E-state index in [2.05, 4.69) is 10.3 Å². The van der Waals surface area contributed by atoms with Crippen molar-refractivity contribution in [3.8, 4) is 0 Å². The van der Waals surface area contributed by atoms with Crippen molar-refractivity contribution in [2.75, 3.05) is 6.54 Å². The van der Waals surface area contributed by atoms with Gasteiger partial charge in [0.15, 0.2) is 0 Å². The molecule has 1 amide bonds. The summed E-state index contributed by atoms with van der Waals surface area (Å²) in [5, 5.41) is 13.7. The standard InChI is InChI=1S/C18H22N2O2S/c1-13(2)18(3,22)12-20-16(21)15-10-7-11-19-17(15)23-14-8-5-4-6-9-14/h4-11,13,22H,12H2,1-3H3,(H,20,21). The number of hydrogen-bond donors (Lipinski definition) is 2. The predicted octanol–water partition coefficient (Wildman–Crippen LogP) is 3.37. The van der Waals surface area contributed by atoms with E-state index in [1.54, 1.807) is 25.3 Å². The lowest BCUT2D eigenvalue weighted by Crippen LogP contribution is -2.44. The number of nitrogens with zero attached hydrogens (tertiary/aromatic N) is 1. The lowest BCUT2D eigenvalue weighted by molar-refractivity contribution is 0.0142. The minimum Gasteiger partial charge on any atom is -0.388 e. The molecule has 1 aromatic carbocycles. The first-order chi connectivity index (χ1) is 10.9. The van der Waals surface area contributed by atoms with Crippen LogP contribution in [0.15, 0.2) is 58.6 Å². The Morgan fingerprint density at radius 2 is 1.96 bits per heavy atom. The van der Waals surface area contributed by atoms with Gasteiger partial charge in [0.1, 0.15) is 5.03 Å². The summed E-state index contributed by atoms with van der Waals surface area (Å²) < 4.78 is 0. The monoisotopic (exact) mass is 330 g/mol. The number of amides is 1. The van der Waals surface area contributed by atoms with Crippen molar-refractivity contribution in [1.82, 2.24) is 10.3 Å². The molecular formula is C18H22N2O2S. The number of carbonyl (C=O) groups excluding carboxylic acids is 1.